The number of hydrogen-bond acceptors (Lipinski definition) is 9. The number of pyridine rings is 1. The van der Waals surface area contributed by atoms with Crippen LogP contribution in [0.25, 0.3) is 11.0 Å². The zero-order chi connectivity index (χ0) is 30.6. The van der Waals surface area contributed by atoms with Crippen LogP contribution in [0, 0.1) is 0 Å². The van der Waals surface area contributed by atoms with Crippen LogP contribution in [-0.4, -0.2) is 70.2 Å². The molecule has 4 aromatic rings. The van der Waals surface area contributed by atoms with Gasteiger partial charge in [-0.2, -0.15) is 5.10 Å². The van der Waals surface area contributed by atoms with Gasteiger partial charge >= 0.3 is 12.1 Å². The van der Waals surface area contributed by atoms with Gasteiger partial charge in [0.25, 0.3) is 0 Å². The molecule has 1 aliphatic rings. The molecular weight excluding hydrogens is 550 g/mol. The zero-order valence-corrected chi connectivity index (χ0v) is 25.1. The third-order valence-corrected chi connectivity index (χ3v) is 6.84. The van der Waals surface area contributed by atoms with Gasteiger partial charge in [0.2, 0.25) is 0 Å². The van der Waals surface area contributed by atoms with Gasteiger partial charge in [0.05, 0.1) is 25.8 Å². The van der Waals surface area contributed by atoms with Gasteiger partial charge in [0, 0.05) is 31.4 Å². The summed E-state index contributed by atoms with van der Waals surface area (Å²) in [5.74, 6) is 1.94. The van der Waals surface area contributed by atoms with Crippen molar-refractivity contribution in [1.82, 2.24) is 19.7 Å². The first-order chi connectivity index (χ1) is 20.6. The molecule has 1 aliphatic heterocycles. The highest BCUT2D eigenvalue weighted by Crippen LogP contribution is 2.35. The quantitative estimate of drug-likeness (QED) is 0.240. The van der Waals surface area contributed by atoms with E-state index in [2.05, 4.69) is 10.3 Å². The maximum absolute atomic E-state index is 12.7. The van der Waals surface area contributed by atoms with E-state index in [1.54, 1.807) is 55.5 Å². The van der Waals surface area contributed by atoms with Crippen LogP contribution < -0.4 is 14.8 Å². The van der Waals surface area contributed by atoms with Crippen LogP contribution in [0.1, 0.15) is 50.0 Å². The number of amides is 1. The summed E-state index contributed by atoms with van der Waals surface area (Å²) in [4.78, 5) is 31.4. The first-order valence-electron chi connectivity index (χ1n) is 14.3. The van der Waals surface area contributed by atoms with E-state index in [1.807, 2.05) is 49.7 Å². The number of hydrogen-bond donors (Lipinski definition) is 1. The molecule has 0 saturated carbocycles. The van der Waals surface area contributed by atoms with Gasteiger partial charge in [-0.15, -0.1) is 0 Å². The molecule has 0 aliphatic carbocycles. The molecule has 1 atom stereocenters. The van der Waals surface area contributed by atoms with E-state index in [0.717, 1.165) is 17.7 Å². The maximum atomic E-state index is 12.7. The van der Waals surface area contributed by atoms with E-state index in [1.165, 1.54) is 0 Å². The highest BCUT2D eigenvalue weighted by molar-refractivity contribution is 5.94. The number of nitrogens with zero attached hydrogens (tertiary/aromatic N) is 4. The topological polar surface area (TPSA) is 117 Å². The number of aromatic nitrogens is 3. The summed E-state index contributed by atoms with van der Waals surface area (Å²) in [7, 11) is 1.63. The molecule has 3 heterocycles. The van der Waals surface area contributed by atoms with Crippen LogP contribution in [0.4, 0.5) is 10.6 Å². The van der Waals surface area contributed by atoms with Gasteiger partial charge in [0.15, 0.2) is 11.5 Å². The molecule has 1 fully saturated rings. The van der Waals surface area contributed by atoms with E-state index in [-0.39, 0.29) is 18.7 Å². The van der Waals surface area contributed by atoms with Crippen molar-refractivity contribution in [3.05, 3.63) is 71.9 Å². The summed E-state index contributed by atoms with van der Waals surface area (Å²) in [5, 5.41) is 9.14. The second kappa shape index (κ2) is 12.6. The molecule has 5 rings (SSSR count). The third-order valence-electron chi connectivity index (χ3n) is 6.84. The fourth-order valence-electron chi connectivity index (χ4n) is 4.86. The Labute approximate surface area is 250 Å². The summed E-state index contributed by atoms with van der Waals surface area (Å²) in [6, 6.07) is 16.3. The fraction of sp³-hybridized carbons (Fsp3) is 0.375. The number of ether oxygens (including phenoxy) is 4. The normalized spacial score (nSPS) is 14.9. The minimum Gasteiger partial charge on any atom is -0.497 e. The minimum absolute atomic E-state index is 0.0553. The number of benzene rings is 2. The molecule has 1 N–H and O–H groups in total. The van der Waals surface area contributed by atoms with Crippen molar-refractivity contribution >= 4 is 28.9 Å². The van der Waals surface area contributed by atoms with Gasteiger partial charge in [-0.05, 0) is 70.0 Å². The van der Waals surface area contributed by atoms with Crippen LogP contribution in [0.15, 0.2) is 60.8 Å². The third kappa shape index (κ3) is 7.17. The van der Waals surface area contributed by atoms with Crippen LogP contribution in [-0.2, 0) is 16.0 Å². The van der Waals surface area contributed by atoms with E-state index in [0.29, 0.717) is 53.5 Å². The largest absolute Gasteiger partial charge is 0.497 e. The van der Waals surface area contributed by atoms with Crippen LogP contribution >= 0.6 is 0 Å². The summed E-state index contributed by atoms with van der Waals surface area (Å²) < 4.78 is 24.2. The molecule has 0 spiro atoms. The lowest BCUT2D eigenvalue weighted by atomic mass is 10.2. The summed E-state index contributed by atoms with van der Waals surface area (Å²) >= 11 is 0. The predicted octanol–water partition coefficient (Wildman–Crippen LogP) is 5.88. The zero-order valence-electron chi connectivity index (χ0n) is 25.1. The highest BCUT2D eigenvalue weighted by Gasteiger charge is 2.31. The van der Waals surface area contributed by atoms with Crippen molar-refractivity contribution < 1.29 is 28.5 Å². The molecule has 0 unspecified atom stereocenters. The van der Waals surface area contributed by atoms with Gasteiger partial charge in [-0.3, -0.25) is 0 Å². The van der Waals surface area contributed by atoms with Crippen LogP contribution in [0.5, 0.6) is 17.2 Å². The Balaban J connectivity index is 1.46. The Kier molecular flexibility index (Phi) is 8.70. The van der Waals surface area contributed by atoms with Crippen molar-refractivity contribution in [2.45, 2.75) is 52.3 Å². The Bertz CT molecular complexity index is 1590. The summed E-state index contributed by atoms with van der Waals surface area (Å²) in [6.45, 7) is 9.12. The van der Waals surface area contributed by atoms with Crippen molar-refractivity contribution in [2.75, 3.05) is 32.1 Å². The highest BCUT2D eigenvalue weighted by atomic mass is 16.6. The molecule has 1 amide bonds. The predicted molar refractivity (Wildman–Crippen MR) is 162 cm³/mol. The Hall–Kier alpha value is -4.80. The Morgan fingerprint density at radius 2 is 1.86 bits per heavy atom. The molecule has 0 bridgehead atoms. The fourth-order valence-corrected chi connectivity index (χ4v) is 4.86. The van der Waals surface area contributed by atoms with Crippen molar-refractivity contribution in [1.29, 1.82) is 0 Å². The first kappa shape index (κ1) is 29.7. The monoisotopic (exact) mass is 587 g/mol. The number of rotatable bonds is 9. The lowest BCUT2D eigenvalue weighted by molar-refractivity contribution is 0.0293. The molecule has 43 heavy (non-hydrogen) atoms. The molecule has 1 saturated heterocycles. The van der Waals surface area contributed by atoms with Crippen molar-refractivity contribution in [2.24, 2.45) is 0 Å². The van der Waals surface area contributed by atoms with Crippen LogP contribution in [0.3, 0.4) is 0 Å². The minimum atomic E-state index is -0.568. The molecule has 226 valence electrons. The van der Waals surface area contributed by atoms with Crippen molar-refractivity contribution in [3.63, 3.8) is 0 Å². The Morgan fingerprint density at radius 3 is 2.58 bits per heavy atom. The van der Waals surface area contributed by atoms with E-state index in [4.69, 9.17) is 24.0 Å². The number of nitrogens with one attached hydrogen (secondary N) is 1. The van der Waals surface area contributed by atoms with Crippen LogP contribution in [0.2, 0.25) is 0 Å². The molecule has 11 nitrogen and oxygen atoms in total. The number of methoxy groups -OCH3 is 1. The molecule has 11 heteroatoms. The van der Waals surface area contributed by atoms with E-state index < -0.39 is 11.6 Å². The lowest BCUT2D eigenvalue weighted by Crippen LogP contribution is -2.36. The van der Waals surface area contributed by atoms with E-state index >= 15 is 0 Å². The smallest absolute Gasteiger partial charge is 0.410 e. The molecule has 2 aromatic carbocycles. The second-order valence-corrected chi connectivity index (χ2v) is 11.3. The van der Waals surface area contributed by atoms with Gasteiger partial charge in [-0.25, -0.2) is 19.3 Å². The number of anilines is 1. The lowest BCUT2D eigenvalue weighted by Gasteiger charge is -2.24. The van der Waals surface area contributed by atoms with Gasteiger partial charge < -0.3 is 29.2 Å². The molecule has 0 radical (unpaired) electrons. The number of carbonyl (C=O) groups excluding carboxylic acids is 2. The number of fused-ring (bicyclic) bond motifs is 1. The molecular formula is C32H37N5O6. The summed E-state index contributed by atoms with van der Waals surface area (Å²) in [6.07, 6.45) is 2.06. The van der Waals surface area contributed by atoms with Gasteiger partial charge in [-0.1, -0.05) is 18.2 Å². The number of likely N-dealkylation sites (tertiary alicyclic amines) is 1. The average molecular weight is 588 g/mol. The summed E-state index contributed by atoms with van der Waals surface area (Å²) in [5.41, 5.74) is 1.47. The standard InChI is InChI=1S/C32H37N5O6/c1-6-41-30(38)22-8-7-9-25(18-22)42-26-14-16-33-29-27(26)28(35-37(29)19-21-10-12-24(40-5)13-11-21)34-23-15-17-36(20-23)31(39)43-32(2,3)4/h7-14,16,18,23H,6,15,17,19-20H2,1-5H3,(H,34,35)/t23-/m0/s1. The van der Waals surface area contributed by atoms with E-state index in [9.17, 15) is 9.59 Å². The first-order valence-corrected chi connectivity index (χ1v) is 14.3. The van der Waals surface area contributed by atoms with Gasteiger partial charge in [0.1, 0.15) is 28.2 Å². The maximum Gasteiger partial charge on any atom is 0.410 e. The molecule has 2 aromatic heterocycles. The number of carbonyl (C=O) groups is 2. The van der Waals surface area contributed by atoms with Crippen molar-refractivity contribution in [3.8, 4) is 17.2 Å². The number of esters is 1. The Morgan fingerprint density at radius 1 is 1.07 bits per heavy atom. The second-order valence-electron chi connectivity index (χ2n) is 11.3. The SMILES string of the molecule is CCOC(=O)c1cccc(Oc2ccnc3c2c(N[C@H]2CCN(C(=O)OC(C)(C)C)C2)nn3Cc2ccc(OC)cc2)c1. The average Bonchev–Trinajstić information content (AvgIpc) is 3.58.